The lowest BCUT2D eigenvalue weighted by Crippen LogP contribution is -2.49. The van der Waals surface area contributed by atoms with Crippen molar-refractivity contribution in [3.05, 3.63) is 59.5 Å². The van der Waals surface area contributed by atoms with Gasteiger partial charge in [-0.2, -0.15) is 0 Å². The van der Waals surface area contributed by atoms with Gasteiger partial charge in [0.15, 0.2) is 17.5 Å². The van der Waals surface area contributed by atoms with Crippen LogP contribution in [0.25, 0.3) is 10.8 Å². The zero-order valence-corrected chi connectivity index (χ0v) is 15.9. The van der Waals surface area contributed by atoms with Gasteiger partial charge in [0.05, 0.1) is 19.2 Å². The Balaban J connectivity index is 1.81. The van der Waals surface area contributed by atoms with Gasteiger partial charge in [0.25, 0.3) is 5.91 Å². The Morgan fingerprint density at radius 1 is 1.16 bits per heavy atom. The Morgan fingerprint density at radius 2 is 1.90 bits per heavy atom. The summed E-state index contributed by atoms with van der Waals surface area (Å²) in [6.45, 7) is -0.390. The first-order valence-electron chi connectivity index (χ1n) is 8.90. The minimum Gasteiger partial charge on any atom is -0.497 e. The molecule has 2 aromatic carbocycles. The van der Waals surface area contributed by atoms with Crippen molar-refractivity contribution in [3.8, 4) is 23.5 Å². The molecule has 0 radical (unpaired) electrons. The molecule has 2 heterocycles. The molecule has 3 aromatic rings. The Labute approximate surface area is 173 Å². The summed E-state index contributed by atoms with van der Waals surface area (Å²) >= 11 is 0. The summed E-state index contributed by atoms with van der Waals surface area (Å²) in [6.07, 6.45) is 1.51. The predicted molar refractivity (Wildman–Crippen MR) is 103 cm³/mol. The number of halogens is 3. The van der Waals surface area contributed by atoms with Crippen LogP contribution in [0.5, 0.6) is 11.6 Å². The van der Waals surface area contributed by atoms with Gasteiger partial charge < -0.3 is 19.7 Å². The second-order valence-electron chi connectivity index (χ2n) is 6.82. The van der Waals surface area contributed by atoms with Crippen LogP contribution in [0.15, 0.2) is 36.5 Å². The molecular weight excluding hydrogens is 415 g/mol. The van der Waals surface area contributed by atoms with E-state index in [-0.39, 0.29) is 12.4 Å². The molecule has 0 bridgehead atoms. The topological polar surface area (TPSA) is 92.6 Å². The summed E-state index contributed by atoms with van der Waals surface area (Å²) in [4.78, 5) is 24.3. The molecule has 10 heteroatoms. The Bertz CT molecular complexity index is 1310. The number of nitrogens with zero attached hydrogens (tertiary/aromatic N) is 1. The zero-order chi connectivity index (χ0) is 22.3. The number of fused-ring (bicyclic) bond motifs is 1. The first-order valence-corrected chi connectivity index (χ1v) is 8.90. The Hall–Kier alpha value is -4.13. The van der Waals surface area contributed by atoms with E-state index in [1.807, 2.05) is 5.32 Å². The molecule has 0 spiro atoms. The number of aromatic hydroxyl groups is 1. The standard InChI is InChI=1S/C21H14F3N3O4/c1-31-12-3-2-11-9-27(18(28)14(11)8-12)10-21(19(29)25-20(30)26-21)7-6-13-15(22)4-5-16(23)17(13)24/h2-5,8-9,28H,10H2,1H3,(H2,25,26,29,30)/t21-/m1/s1. The maximum absolute atomic E-state index is 14.0. The van der Waals surface area contributed by atoms with Crippen molar-refractivity contribution >= 4 is 22.7 Å². The number of methoxy groups -OCH3 is 1. The lowest BCUT2D eigenvalue weighted by Gasteiger charge is -2.20. The second kappa shape index (κ2) is 7.28. The minimum absolute atomic E-state index is 0.243. The molecule has 3 N–H and O–H groups in total. The third-order valence-corrected chi connectivity index (χ3v) is 4.86. The van der Waals surface area contributed by atoms with Gasteiger partial charge in [0.2, 0.25) is 5.54 Å². The molecule has 31 heavy (non-hydrogen) atoms. The predicted octanol–water partition coefficient (Wildman–Crippen LogP) is 2.40. The highest BCUT2D eigenvalue weighted by Crippen LogP contribution is 2.32. The van der Waals surface area contributed by atoms with E-state index in [0.717, 1.165) is 0 Å². The van der Waals surface area contributed by atoms with Gasteiger partial charge in [-0.25, -0.2) is 18.0 Å². The number of amides is 3. The number of carbonyl (C=O) groups excluding carboxylic acids is 2. The second-order valence-corrected chi connectivity index (χ2v) is 6.82. The molecule has 0 saturated carbocycles. The quantitative estimate of drug-likeness (QED) is 0.339. The highest BCUT2D eigenvalue weighted by atomic mass is 19.2. The fourth-order valence-electron chi connectivity index (χ4n) is 3.27. The smallest absolute Gasteiger partial charge is 0.323 e. The van der Waals surface area contributed by atoms with Crippen LogP contribution in [-0.2, 0) is 11.3 Å². The first kappa shape index (κ1) is 20.2. The van der Waals surface area contributed by atoms with E-state index in [2.05, 4.69) is 17.2 Å². The monoisotopic (exact) mass is 429 g/mol. The van der Waals surface area contributed by atoms with Crippen LogP contribution in [0.2, 0.25) is 0 Å². The highest BCUT2D eigenvalue weighted by Gasteiger charge is 2.46. The number of rotatable bonds is 3. The molecule has 1 fully saturated rings. The van der Waals surface area contributed by atoms with Crippen LogP contribution in [0.4, 0.5) is 18.0 Å². The van der Waals surface area contributed by atoms with Crippen LogP contribution < -0.4 is 15.4 Å². The summed E-state index contributed by atoms with van der Waals surface area (Å²) in [5.74, 6) is -0.155. The van der Waals surface area contributed by atoms with Crippen molar-refractivity contribution in [2.75, 3.05) is 7.11 Å². The lowest BCUT2D eigenvalue weighted by molar-refractivity contribution is -0.122. The van der Waals surface area contributed by atoms with Crippen LogP contribution >= 0.6 is 0 Å². The van der Waals surface area contributed by atoms with Gasteiger partial charge in [0, 0.05) is 17.0 Å². The van der Waals surface area contributed by atoms with Gasteiger partial charge >= 0.3 is 6.03 Å². The third-order valence-electron chi connectivity index (χ3n) is 4.86. The van der Waals surface area contributed by atoms with Crippen LogP contribution in [0, 0.1) is 29.3 Å². The molecule has 0 unspecified atom stereocenters. The van der Waals surface area contributed by atoms with Crippen molar-refractivity contribution in [2.45, 2.75) is 12.1 Å². The molecule has 3 amide bonds. The van der Waals surface area contributed by atoms with Crippen molar-refractivity contribution in [1.29, 1.82) is 0 Å². The van der Waals surface area contributed by atoms with Crippen LogP contribution in [-0.4, -0.2) is 34.3 Å². The van der Waals surface area contributed by atoms with E-state index in [0.29, 0.717) is 28.7 Å². The molecule has 1 aliphatic heterocycles. The maximum atomic E-state index is 14.0. The number of ether oxygens (including phenoxy) is 1. The van der Waals surface area contributed by atoms with Crippen molar-refractivity contribution in [2.24, 2.45) is 0 Å². The average Bonchev–Trinajstić information content (AvgIpc) is 3.20. The van der Waals surface area contributed by atoms with Crippen molar-refractivity contribution < 1.29 is 32.6 Å². The van der Waals surface area contributed by atoms with E-state index >= 15 is 0 Å². The summed E-state index contributed by atoms with van der Waals surface area (Å²) in [5.41, 5.74) is -2.86. The largest absolute Gasteiger partial charge is 0.497 e. The summed E-state index contributed by atoms with van der Waals surface area (Å²) < 4.78 is 47.8. The highest BCUT2D eigenvalue weighted by molar-refractivity contribution is 6.09. The zero-order valence-electron chi connectivity index (χ0n) is 15.9. The molecule has 1 saturated heterocycles. The Morgan fingerprint density at radius 3 is 2.58 bits per heavy atom. The molecule has 1 atom stereocenters. The van der Waals surface area contributed by atoms with E-state index in [1.54, 1.807) is 18.2 Å². The van der Waals surface area contributed by atoms with Gasteiger partial charge in [-0.1, -0.05) is 11.8 Å². The third kappa shape index (κ3) is 3.40. The number of benzene rings is 2. The molecule has 0 aliphatic carbocycles. The molecular formula is C21H14F3N3O4. The van der Waals surface area contributed by atoms with Gasteiger partial charge in [-0.05, 0) is 30.3 Å². The maximum Gasteiger partial charge on any atom is 0.323 e. The number of hydrogen-bond acceptors (Lipinski definition) is 4. The fraction of sp³-hybridized carbons (Fsp3) is 0.143. The molecule has 158 valence electrons. The van der Waals surface area contributed by atoms with Crippen molar-refractivity contribution in [3.63, 3.8) is 0 Å². The number of urea groups is 1. The molecule has 1 aromatic heterocycles. The van der Waals surface area contributed by atoms with Gasteiger partial charge in [-0.15, -0.1) is 0 Å². The van der Waals surface area contributed by atoms with Crippen molar-refractivity contribution in [1.82, 2.24) is 15.2 Å². The molecule has 7 nitrogen and oxygen atoms in total. The number of aromatic nitrogens is 1. The number of nitrogens with one attached hydrogen (secondary N) is 2. The molecule has 1 aliphatic rings. The van der Waals surface area contributed by atoms with E-state index in [9.17, 15) is 27.9 Å². The van der Waals surface area contributed by atoms with Gasteiger partial charge in [-0.3, -0.25) is 10.1 Å². The summed E-state index contributed by atoms with van der Waals surface area (Å²) in [6, 6.07) is 5.34. The SMILES string of the molecule is COc1ccc2cn(C[C@@]3(C#Cc4c(F)ccc(F)c4F)NC(=O)NC3=O)c(O)c2c1. The number of hydrogen-bond donors (Lipinski definition) is 3. The fourth-order valence-corrected chi connectivity index (χ4v) is 3.27. The first-order chi connectivity index (χ1) is 14.7. The summed E-state index contributed by atoms with van der Waals surface area (Å²) in [5, 5.41) is 15.9. The molecule has 4 rings (SSSR count). The van der Waals surface area contributed by atoms with E-state index < -0.39 is 40.5 Å². The Kier molecular flexibility index (Phi) is 4.74. The number of carbonyl (C=O) groups is 2. The average molecular weight is 429 g/mol. The van der Waals surface area contributed by atoms with Crippen LogP contribution in [0.3, 0.4) is 0 Å². The summed E-state index contributed by atoms with van der Waals surface area (Å²) in [7, 11) is 1.46. The minimum atomic E-state index is -1.97. The normalized spacial score (nSPS) is 17.8. The van der Waals surface area contributed by atoms with E-state index in [4.69, 9.17) is 4.74 Å². The van der Waals surface area contributed by atoms with E-state index in [1.165, 1.54) is 17.9 Å². The lowest BCUT2D eigenvalue weighted by atomic mass is 9.99. The van der Waals surface area contributed by atoms with Gasteiger partial charge in [0.1, 0.15) is 11.6 Å². The van der Waals surface area contributed by atoms with Crippen LogP contribution in [0.1, 0.15) is 5.56 Å². The number of imide groups is 1.